The number of ether oxygens (including phenoxy) is 1. The van der Waals surface area contributed by atoms with Crippen LogP contribution in [-0.2, 0) is 11.2 Å². The van der Waals surface area contributed by atoms with Crippen molar-refractivity contribution in [2.45, 2.75) is 13.3 Å². The van der Waals surface area contributed by atoms with E-state index in [2.05, 4.69) is 17.2 Å². The standard InChI is InChI=1S/C10H18N2OS/c1-9(8-13-2)7-11-4-3-10-12-5-6-14-10/h5-6,9,11H,3-4,7-8H2,1-2H3. The Hall–Kier alpha value is -0.450. The molecule has 1 rings (SSSR count). The first kappa shape index (κ1) is 11.6. The molecule has 80 valence electrons. The Morgan fingerprint density at radius 1 is 1.64 bits per heavy atom. The highest BCUT2D eigenvalue weighted by Crippen LogP contribution is 2.03. The van der Waals surface area contributed by atoms with Crippen LogP contribution in [0, 0.1) is 5.92 Å². The molecule has 1 aromatic heterocycles. The normalized spacial score (nSPS) is 13.0. The summed E-state index contributed by atoms with van der Waals surface area (Å²) in [5.74, 6) is 0.580. The average Bonchev–Trinajstić information content (AvgIpc) is 2.65. The summed E-state index contributed by atoms with van der Waals surface area (Å²) in [6.45, 7) is 5.02. The van der Waals surface area contributed by atoms with E-state index in [0.29, 0.717) is 5.92 Å². The van der Waals surface area contributed by atoms with E-state index in [9.17, 15) is 0 Å². The van der Waals surface area contributed by atoms with Gasteiger partial charge in [-0.15, -0.1) is 11.3 Å². The van der Waals surface area contributed by atoms with Crippen LogP contribution in [0.5, 0.6) is 0 Å². The van der Waals surface area contributed by atoms with Gasteiger partial charge >= 0.3 is 0 Å². The van der Waals surface area contributed by atoms with Crippen molar-refractivity contribution in [1.29, 1.82) is 0 Å². The van der Waals surface area contributed by atoms with Crippen molar-refractivity contribution in [3.8, 4) is 0 Å². The smallest absolute Gasteiger partial charge is 0.0937 e. The first-order valence-electron chi connectivity index (χ1n) is 4.91. The van der Waals surface area contributed by atoms with E-state index < -0.39 is 0 Å². The van der Waals surface area contributed by atoms with Crippen LogP contribution in [0.2, 0.25) is 0 Å². The summed E-state index contributed by atoms with van der Waals surface area (Å²) >= 11 is 1.72. The molecule has 0 fully saturated rings. The minimum absolute atomic E-state index is 0.580. The predicted octanol–water partition coefficient (Wildman–Crippen LogP) is 1.56. The number of nitrogens with one attached hydrogen (secondary N) is 1. The highest BCUT2D eigenvalue weighted by molar-refractivity contribution is 7.09. The third-order valence-electron chi connectivity index (χ3n) is 1.94. The van der Waals surface area contributed by atoms with E-state index in [0.717, 1.165) is 26.1 Å². The highest BCUT2D eigenvalue weighted by Gasteiger charge is 2.00. The minimum atomic E-state index is 0.580. The van der Waals surface area contributed by atoms with Crippen LogP contribution in [0.1, 0.15) is 11.9 Å². The Morgan fingerprint density at radius 2 is 2.50 bits per heavy atom. The molecule has 0 saturated heterocycles. The van der Waals surface area contributed by atoms with Gasteiger partial charge in [0, 0.05) is 38.3 Å². The Kier molecular flexibility index (Phi) is 5.75. The Labute approximate surface area is 89.5 Å². The Balaban J connectivity index is 1.99. The maximum atomic E-state index is 5.06. The first-order chi connectivity index (χ1) is 6.83. The van der Waals surface area contributed by atoms with E-state index in [-0.39, 0.29) is 0 Å². The molecular weight excluding hydrogens is 196 g/mol. The van der Waals surface area contributed by atoms with E-state index in [1.54, 1.807) is 18.4 Å². The van der Waals surface area contributed by atoms with Gasteiger partial charge in [-0.2, -0.15) is 0 Å². The lowest BCUT2D eigenvalue weighted by atomic mass is 10.2. The van der Waals surface area contributed by atoms with Gasteiger partial charge < -0.3 is 10.1 Å². The number of rotatable bonds is 7. The van der Waals surface area contributed by atoms with Gasteiger partial charge in [0.1, 0.15) is 0 Å². The molecule has 0 aliphatic heterocycles. The van der Waals surface area contributed by atoms with Crippen LogP contribution in [0.25, 0.3) is 0 Å². The Bertz CT molecular complexity index is 226. The lowest BCUT2D eigenvalue weighted by molar-refractivity contribution is 0.158. The van der Waals surface area contributed by atoms with Crippen LogP contribution in [0.4, 0.5) is 0 Å². The van der Waals surface area contributed by atoms with Crippen LogP contribution >= 0.6 is 11.3 Å². The maximum Gasteiger partial charge on any atom is 0.0937 e. The van der Waals surface area contributed by atoms with Crippen LogP contribution in [0.3, 0.4) is 0 Å². The molecule has 1 atom stereocenters. The highest BCUT2D eigenvalue weighted by atomic mass is 32.1. The van der Waals surface area contributed by atoms with Gasteiger partial charge in [0.25, 0.3) is 0 Å². The third kappa shape index (κ3) is 4.69. The van der Waals surface area contributed by atoms with Crippen LogP contribution in [0.15, 0.2) is 11.6 Å². The predicted molar refractivity (Wildman–Crippen MR) is 59.7 cm³/mol. The van der Waals surface area contributed by atoms with Gasteiger partial charge in [-0.1, -0.05) is 6.92 Å². The number of nitrogens with zero attached hydrogens (tertiary/aromatic N) is 1. The summed E-state index contributed by atoms with van der Waals surface area (Å²) in [5, 5.41) is 6.62. The lowest BCUT2D eigenvalue weighted by Gasteiger charge is -2.10. The molecule has 0 aromatic carbocycles. The number of hydrogen-bond donors (Lipinski definition) is 1. The van der Waals surface area contributed by atoms with Gasteiger partial charge in [-0.05, 0) is 12.5 Å². The molecule has 0 amide bonds. The minimum Gasteiger partial charge on any atom is -0.384 e. The SMILES string of the molecule is COCC(C)CNCCc1nccs1. The molecule has 1 aromatic rings. The average molecular weight is 214 g/mol. The van der Waals surface area contributed by atoms with Crippen molar-refractivity contribution in [3.05, 3.63) is 16.6 Å². The fraction of sp³-hybridized carbons (Fsp3) is 0.700. The molecule has 0 bridgehead atoms. The van der Waals surface area contributed by atoms with E-state index in [1.165, 1.54) is 5.01 Å². The lowest BCUT2D eigenvalue weighted by Crippen LogP contribution is -2.25. The van der Waals surface area contributed by atoms with E-state index in [1.807, 2.05) is 11.6 Å². The summed E-state index contributed by atoms with van der Waals surface area (Å²) in [4.78, 5) is 4.22. The monoisotopic (exact) mass is 214 g/mol. The van der Waals surface area contributed by atoms with Crippen molar-refractivity contribution in [1.82, 2.24) is 10.3 Å². The molecular formula is C10H18N2OS. The summed E-state index contributed by atoms with van der Waals surface area (Å²) in [6.07, 6.45) is 2.88. The molecule has 4 heteroatoms. The van der Waals surface area contributed by atoms with Gasteiger partial charge in [-0.3, -0.25) is 0 Å². The number of hydrogen-bond acceptors (Lipinski definition) is 4. The van der Waals surface area contributed by atoms with Gasteiger partial charge in [-0.25, -0.2) is 4.98 Å². The van der Waals surface area contributed by atoms with Gasteiger partial charge in [0.2, 0.25) is 0 Å². The molecule has 0 spiro atoms. The molecule has 3 nitrogen and oxygen atoms in total. The first-order valence-corrected chi connectivity index (χ1v) is 5.79. The topological polar surface area (TPSA) is 34.1 Å². The molecule has 1 heterocycles. The number of thiazole rings is 1. The second-order valence-electron chi connectivity index (χ2n) is 3.44. The largest absolute Gasteiger partial charge is 0.384 e. The zero-order valence-electron chi connectivity index (χ0n) is 8.82. The van der Waals surface area contributed by atoms with Crippen molar-refractivity contribution in [2.75, 3.05) is 26.8 Å². The summed E-state index contributed by atoms with van der Waals surface area (Å²) in [5.41, 5.74) is 0. The maximum absolute atomic E-state index is 5.06. The molecule has 0 saturated carbocycles. The summed E-state index contributed by atoms with van der Waals surface area (Å²) in [7, 11) is 1.74. The van der Waals surface area contributed by atoms with Gasteiger partial charge in [0.05, 0.1) is 5.01 Å². The second-order valence-corrected chi connectivity index (χ2v) is 4.42. The number of aromatic nitrogens is 1. The molecule has 14 heavy (non-hydrogen) atoms. The van der Waals surface area contributed by atoms with Crippen molar-refractivity contribution in [2.24, 2.45) is 5.92 Å². The molecule has 1 N–H and O–H groups in total. The second kappa shape index (κ2) is 6.92. The molecule has 0 radical (unpaired) electrons. The zero-order chi connectivity index (χ0) is 10.2. The molecule has 0 aliphatic carbocycles. The van der Waals surface area contributed by atoms with Crippen LogP contribution < -0.4 is 5.32 Å². The van der Waals surface area contributed by atoms with Crippen molar-refractivity contribution < 1.29 is 4.74 Å². The fourth-order valence-corrected chi connectivity index (χ4v) is 1.88. The van der Waals surface area contributed by atoms with E-state index in [4.69, 9.17) is 4.74 Å². The zero-order valence-corrected chi connectivity index (χ0v) is 9.64. The molecule has 1 unspecified atom stereocenters. The van der Waals surface area contributed by atoms with E-state index >= 15 is 0 Å². The van der Waals surface area contributed by atoms with Crippen LogP contribution in [-0.4, -0.2) is 31.8 Å². The van der Waals surface area contributed by atoms with Crippen molar-refractivity contribution >= 4 is 11.3 Å². The quantitative estimate of drug-likeness (QED) is 0.699. The number of methoxy groups -OCH3 is 1. The third-order valence-corrected chi connectivity index (χ3v) is 2.78. The fourth-order valence-electron chi connectivity index (χ4n) is 1.26. The van der Waals surface area contributed by atoms with Gasteiger partial charge in [0.15, 0.2) is 0 Å². The molecule has 0 aliphatic rings. The summed E-state index contributed by atoms with van der Waals surface area (Å²) in [6, 6.07) is 0. The summed E-state index contributed by atoms with van der Waals surface area (Å²) < 4.78 is 5.06. The Morgan fingerprint density at radius 3 is 3.14 bits per heavy atom. The van der Waals surface area contributed by atoms with Crippen molar-refractivity contribution in [3.63, 3.8) is 0 Å².